The van der Waals surface area contributed by atoms with Crippen molar-refractivity contribution in [1.29, 1.82) is 0 Å². The van der Waals surface area contributed by atoms with Crippen molar-refractivity contribution in [3.8, 4) is 22.6 Å². The number of pyridine rings is 1. The molecule has 5 heterocycles. The number of anilines is 3. The summed E-state index contributed by atoms with van der Waals surface area (Å²) in [6, 6.07) is 14.9. The molecule has 49 heavy (non-hydrogen) atoms. The molecule has 0 atom stereocenters. The van der Waals surface area contributed by atoms with E-state index in [0.29, 0.717) is 39.9 Å². The number of hydrogen-bond donors (Lipinski definition) is 2. The minimum Gasteiger partial charge on any atom is -0.451 e. The second-order valence-corrected chi connectivity index (χ2v) is 12.1. The second-order valence-electron chi connectivity index (χ2n) is 12.1. The van der Waals surface area contributed by atoms with Crippen LogP contribution in [0.15, 0.2) is 88.9 Å². The van der Waals surface area contributed by atoms with Crippen LogP contribution in [-0.2, 0) is 12.7 Å². The van der Waals surface area contributed by atoms with E-state index in [0.717, 1.165) is 37.7 Å². The predicted octanol–water partition coefficient (Wildman–Crippen LogP) is 6.53. The lowest BCUT2D eigenvalue weighted by molar-refractivity contribution is -0.138. The zero-order valence-corrected chi connectivity index (χ0v) is 26.7. The van der Waals surface area contributed by atoms with Crippen molar-refractivity contribution in [2.75, 3.05) is 30.8 Å². The van der Waals surface area contributed by atoms with E-state index in [-0.39, 0.29) is 29.3 Å². The molecule has 14 heteroatoms. The molecule has 1 fully saturated rings. The lowest BCUT2D eigenvalue weighted by Crippen LogP contribution is -2.36. The number of aromatic nitrogens is 6. The smallest absolute Gasteiger partial charge is 0.416 e. The number of piperidine rings is 1. The number of alkyl halides is 3. The summed E-state index contributed by atoms with van der Waals surface area (Å²) in [5, 5.41) is 7.20. The number of oxazole rings is 1. The molecule has 0 unspecified atom stereocenters. The van der Waals surface area contributed by atoms with Gasteiger partial charge < -0.3 is 20.0 Å². The molecule has 1 aliphatic heterocycles. The van der Waals surface area contributed by atoms with E-state index in [1.54, 1.807) is 13.0 Å². The molecule has 4 aromatic heterocycles. The Hall–Kier alpha value is -5.63. The van der Waals surface area contributed by atoms with E-state index >= 15 is 0 Å². The summed E-state index contributed by atoms with van der Waals surface area (Å²) < 4.78 is 48.4. The van der Waals surface area contributed by atoms with Crippen LogP contribution in [0.3, 0.4) is 0 Å². The van der Waals surface area contributed by atoms with Gasteiger partial charge in [-0.05, 0) is 81.9 Å². The normalized spacial score (nSPS) is 14.3. The molecule has 0 bridgehead atoms. The molecule has 250 valence electrons. The molecule has 11 nitrogen and oxygen atoms in total. The van der Waals surface area contributed by atoms with E-state index in [4.69, 9.17) is 4.42 Å². The van der Waals surface area contributed by atoms with Gasteiger partial charge >= 0.3 is 6.18 Å². The van der Waals surface area contributed by atoms with Crippen molar-refractivity contribution in [3.63, 3.8) is 0 Å². The van der Waals surface area contributed by atoms with Crippen LogP contribution in [0.2, 0.25) is 0 Å². The first kappa shape index (κ1) is 31.9. The van der Waals surface area contributed by atoms with Crippen LogP contribution in [-0.4, -0.2) is 60.6 Å². The van der Waals surface area contributed by atoms with E-state index < -0.39 is 17.3 Å². The number of likely N-dealkylation sites (tertiary alicyclic amines) is 1. The van der Waals surface area contributed by atoms with Gasteiger partial charge in [-0.3, -0.25) is 9.36 Å². The Labute approximate surface area is 278 Å². The number of hydrogen-bond acceptors (Lipinski definition) is 10. The van der Waals surface area contributed by atoms with Crippen LogP contribution >= 0.6 is 0 Å². The number of halogens is 3. The Morgan fingerprint density at radius 3 is 2.41 bits per heavy atom. The van der Waals surface area contributed by atoms with Crippen molar-refractivity contribution >= 4 is 28.4 Å². The number of nitrogens with zero attached hydrogens (tertiary/aromatic N) is 7. The molecule has 0 radical (unpaired) electrons. The topological polar surface area (TPSA) is 127 Å². The molecule has 0 spiro atoms. The van der Waals surface area contributed by atoms with Crippen LogP contribution in [0.4, 0.5) is 30.5 Å². The minimum absolute atomic E-state index is 0.0780. The highest BCUT2D eigenvalue weighted by Crippen LogP contribution is 2.33. The largest absolute Gasteiger partial charge is 0.451 e. The molecule has 2 N–H and O–H groups in total. The van der Waals surface area contributed by atoms with E-state index in [1.165, 1.54) is 47.8 Å². The highest BCUT2D eigenvalue weighted by molar-refractivity contribution is 5.82. The maximum Gasteiger partial charge on any atom is 0.416 e. The van der Waals surface area contributed by atoms with Gasteiger partial charge in [-0.15, -0.1) is 0 Å². The fourth-order valence-electron chi connectivity index (χ4n) is 6.01. The summed E-state index contributed by atoms with van der Waals surface area (Å²) in [5.74, 6) is 0.491. The van der Waals surface area contributed by atoms with Crippen LogP contribution in [0.1, 0.15) is 29.7 Å². The van der Waals surface area contributed by atoms with Crippen molar-refractivity contribution in [1.82, 2.24) is 34.4 Å². The summed E-state index contributed by atoms with van der Waals surface area (Å²) in [5.41, 5.74) is 1.90. The fourth-order valence-corrected chi connectivity index (χ4v) is 6.01. The molecular weight excluding hydrogens is 635 g/mol. The van der Waals surface area contributed by atoms with Gasteiger partial charge in [0.1, 0.15) is 17.6 Å². The number of nitrogens with one attached hydrogen (secondary N) is 2. The molecular formula is C35H32F3N9O2. The standard InChI is InChI=1S/C35H32F3N9O2/c1-21-28(17-39-31(42-21)30-19-49-20-41-30)27-15-23-16-40-34(44-25-9-7-24(8-10-25)43-26-11-13-46(2)14-12-26)45-32(23)47(33(27)48)18-22-5-3-4-6-29(22)35(36,37)38/h3-10,15-17,19-20,26,43H,11-14,18H2,1-2H3,(H,40,44,45). The zero-order chi connectivity index (χ0) is 34.1. The molecule has 0 amide bonds. The minimum atomic E-state index is -4.62. The van der Waals surface area contributed by atoms with Crippen molar-refractivity contribution in [2.24, 2.45) is 0 Å². The van der Waals surface area contributed by atoms with Gasteiger partial charge in [-0.1, -0.05) is 18.2 Å². The van der Waals surface area contributed by atoms with Gasteiger partial charge in [0, 0.05) is 46.5 Å². The summed E-state index contributed by atoms with van der Waals surface area (Å²) in [4.78, 5) is 38.6. The van der Waals surface area contributed by atoms with Gasteiger partial charge in [-0.25, -0.2) is 19.9 Å². The lowest BCUT2D eigenvalue weighted by atomic mass is 10.0. The van der Waals surface area contributed by atoms with Crippen LogP contribution in [0.25, 0.3) is 33.7 Å². The Morgan fingerprint density at radius 2 is 1.69 bits per heavy atom. The summed E-state index contributed by atoms with van der Waals surface area (Å²) in [7, 11) is 2.13. The maximum atomic E-state index is 14.2. The number of aryl methyl sites for hydroxylation is 1. The van der Waals surface area contributed by atoms with E-state index in [2.05, 4.69) is 47.5 Å². The van der Waals surface area contributed by atoms with Gasteiger partial charge in [0.05, 0.1) is 17.7 Å². The Kier molecular flexibility index (Phi) is 8.55. The zero-order valence-electron chi connectivity index (χ0n) is 26.7. The van der Waals surface area contributed by atoms with Crippen LogP contribution in [0, 0.1) is 6.92 Å². The third-order valence-corrected chi connectivity index (χ3v) is 8.64. The molecule has 0 aliphatic carbocycles. The molecule has 2 aromatic carbocycles. The van der Waals surface area contributed by atoms with E-state index in [9.17, 15) is 18.0 Å². The first-order valence-corrected chi connectivity index (χ1v) is 15.7. The van der Waals surface area contributed by atoms with Gasteiger partial charge in [-0.2, -0.15) is 18.2 Å². The first-order valence-electron chi connectivity index (χ1n) is 15.7. The van der Waals surface area contributed by atoms with Gasteiger partial charge in [0.15, 0.2) is 12.2 Å². The quantitative estimate of drug-likeness (QED) is 0.185. The first-order chi connectivity index (χ1) is 23.6. The van der Waals surface area contributed by atoms with Crippen molar-refractivity contribution in [3.05, 3.63) is 107 Å². The van der Waals surface area contributed by atoms with E-state index in [1.807, 2.05) is 24.3 Å². The predicted molar refractivity (Wildman–Crippen MR) is 179 cm³/mol. The Balaban J connectivity index is 1.25. The maximum absolute atomic E-state index is 14.2. The van der Waals surface area contributed by atoms with Crippen LogP contribution < -0.4 is 16.2 Å². The lowest BCUT2D eigenvalue weighted by Gasteiger charge is -2.30. The summed E-state index contributed by atoms with van der Waals surface area (Å²) in [6.07, 6.45) is 3.21. The monoisotopic (exact) mass is 667 g/mol. The molecule has 1 saturated heterocycles. The third kappa shape index (κ3) is 6.85. The fraction of sp³-hybridized carbons (Fsp3) is 0.257. The van der Waals surface area contributed by atoms with Crippen molar-refractivity contribution in [2.45, 2.75) is 38.5 Å². The highest BCUT2D eigenvalue weighted by atomic mass is 19.4. The number of benzene rings is 2. The molecule has 7 rings (SSSR count). The van der Waals surface area contributed by atoms with Crippen LogP contribution in [0.5, 0.6) is 0 Å². The average Bonchev–Trinajstić information content (AvgIpc) is 3.63. The summed E-state index contributed by atoms with van der Waals surface area (Å²) in [6.45, 7) is 3.43. The highest BCUT2D eigenvalue weighted by Gasteiger charge is 2.33. The molecule has 1 aliphatic rings. The SMILES string of the molecule is Cc1nc(-c2cocn2)ncc1-c1cc2cnc(Nc3ccc(NC4CCN(C)CC4)cc3)nc2n(Cc2ccccc2C(F)(F)F)c1=O. The molecule has 0 saturated carbocycles. The Bertz CT molecular complexity index is 2160. The Morgan fingerprint density at radius 1 is 0.939 bits per heavy atom. The number of fused-ring (bicyclic) bond motifs is 1. The van der Waals surface area contributed by atoms with Gasteiger partial charge in [0.2, 0.25) is 5.95 Å². The second kappa shape index (κ2) is 13.1. The average molecular weight is 668 g/mol. The van der Waals surface area contributed by atoms with Crippen molar-refractivity contribution < 1.29 is 17.6 Å². The third-order valence-electron chi connectivity index (χ3n) is 8.64. The summed E-state index contributed by atoms with van der Waals surface area (Å²) >= 11 is 0. The van der Waals surface area contributed by atoms with Gasteiger partial charge in [0.25, 0.3) is 5.56 Å². The molecule has 6 aromatic rings. The number of rotatable bonds is 8.